The predicted molar refractivity (Wildman–Crippen MR) is 117 cm³/mol. The van der Waals surface area contributed by atoms with Crippen LogP contribution in [0.5, 0.6) is 11.5 Å². The smallest absolute Gasteiger partial charge is 0.335 e. The Morgan fingerprint density at radius 1 is 1.07 bits per heavy atom. The van der Waals surface area contributed by atoms with Crippen molar-refractivity contribution in [3.05, 3.63) is 56.7 Å². The molecule has 150 valence electrons. The van der Waals surface area contributed by atoms with Crippen molar-refractivity contribution in [2.24, 2.45) is 0 Å². The third-order valence-electron chi connectivity index (χ3n) is 4.48. The molecule has 1 N–H and O–H groups in total. The minimum absolute atomic E-state index is 0.175. The first-order valence-electron chi connectivity index (χ1n) is 8.81. The van der Waals surface area contributed by atoms with Crippen LogP contribution in [0.3, 0.4) is 0 Å². The largest absolute Gasteiger partial charge is 0.493 e. The van der Waals surface area contributed by atoms with E-state index in [0.29, 0.717) is 22.7 Å². The Bertz CT molecular complexity index is 1010. The van der Waals surface area contributed by atoms with E-state index in [2.05, 4.69) is 27.9 Å². The third-order valence-corrected chi connectivity index (χ3v) is 5.10. The van der Waals surface area contributed by atoms with E-state index in [4.69, 9.17) is 9.47 Å². The van der Waals surface area contributed by atoms with Gasteiger partial charge in [-0.2, -0.15) is 0 Å². The number of halogens is 1. The Labute approximate surface area is 181 Å². The molecule has 0 radical (unpaired) electrons. The van der Waals surface area contributed by atoms with Crippen LogP contribution in [0, 0.1) is 3.57 Å². The van der Waals surface area contributed by atoms with Crippen molar-refractivity contribution >= 4 is 52.2 Å². The second-order valence-corrected chi connectivity index (χ2v) is 7.45. The SMILES string of the molecule is CCc1ccc(N2C(=O)NC(=O)/C(=C/c3cc(I)cc(OC)c3OC)C2=O)cc1. The van der Waals surface area contributed by atoms with E-state index in [-0.39, 0.29) is 5.57 Å². The van der Waals surface area contributed by atoms with Crippen LogP contribution in [0.4, 0.5) is 10.5 Å². The van der Waals surface area contributed by atoms with Crippen molar-refractivity contribution in [1.29, 1.82) is 0 Å². The number of aryl methyl sites for hydroxylation is 1. The van der Waals surface area contributed by atoms with E-state index < -0.39 is 17.8 Å². The van der Waals surface area contributed by atoms with Gasteiger partial charge in [0.1, 0.15) is 5.57 Å². The number of nitrogens with one attached hydrogen (secondary N) is 1. The number of hydrogen-bond donors (Lipinski definition) is 1. The second-order valence-electron chi connectivity index (χ2n) is 6.21. The van der Waals surface area contributed by atoms with Gasteiger partial charge in [0.2, 0.25) is 0 Å². The first kappa shape index (κ1) is 20.8. The summed E-state index contributed by atoms with van der Waals surface area (Å²) in [6, 6.07) is 9.78. The lowest BCUT2D eigenvalue weighted by molar-refractivity contribution is -0.122. The highest BCUT2D eigenvalue weighted by atomic mass is 127. The second kappa shape index (κ2) is 8.64. The number of methoxy groups -OCH3 is 2. The fourth-order valence-electron chi connectivity index (χ4n) is 2.99. The molecule has 1 heterocycles. The molecular formula is C21H19IN2O5. The Kier molecular flexibility index (Phi) is 6.21. The van der Waals surface area contributed by atoms with Gasteiger partial charge < -0.3 is 9.47 Å². The van der Waals surface area contributed by atoms with Gasteiger partial charge >= 0.3 is 6.03 Å². The summed E-state index contributed by atoms with van der Waals surface area (Å²) in [5, 5.41) is 2.22. The number of anilines is 1. The summed E-state index contributed by atoms with van der Waals surface area (Å²) in [4.78, 5) is 38.8. The first-order valence-corrected chi connectivity index (χ1v) is 9.89. The monoisotopic (exact) mass is 506 g/mol. The van der Waals surface area contributed by atoms with Crippen LogP contribution in [-0.4, -0.2) is 32.1 Å². The van der Waals surface area contributed by atoms with Gasteiger partial charge in [-0.05, 0) is 64.9 Å². The molecular weight excluding hydrogens is 487 g/mol. The minimum Gasteiger partial charge on any atom is -0.493 e. The Hall–Kier alpha value is -2.88. The minimum atomic E-state index is -0.784. The standard InChI is InChI=1S/C21H19IN2O5/c1-4-12-5-7-15(8-6-12)24-20(26)16(19(25)23-21(24)27)10-13-9-14(22)11-17(28-2)18(13)29-3/h5-11H,4H2,1-3H3,(H,23,25,27)/b16-10-. The molecule has 2 aromatic rings. The highest BCUT2D eigenvalue weighted by Gasteiger charge is 2.37. The summed E-state index contributed by atoms with van der Waals surface area (Å²) in [6.07, 6.45) is 2.24. The molecule has 0 aromatic heterocycles. The normalized spacial score (nSPS) is 15.5. The van der Waals surface area contributed by atoms with Crippen LogP contribution in [0.15, 0.2) is 42.0 Å². The van der Waals surface area contributed by atoms with E-state index in [9.17, 15) is 14.4 Å². The molecule has 0 unspecified atom stereocenters. The van der Waals surface area contributed by atoms with E-state index in [1.54, 1.807) is 24.3 Å². The molecule has 0 spiro atoms. The molecule has 4 amide bonds. The Morgan fingerprint density at radius 3 is 2.34 bits per heavy atom. The van der Waals surface area contributed by atoms with Crippen LogP contribution < -0.4 is 19.7 Å². The number of carbonyl (C=O) groups excluding carboxylic acids is 3. The molecule has 29 heavy (non-hydrogen) atoms. The maximum Gasteiger partial charge on any atom is 0.335 e. The van der Waals surface area contributed by atoms with Crippen LogP contribution in [0.1, 0.15) is 18.1 Å². The number of urea groups is 1. The van der Waals surface area contributed by atoms with Gasteiger partial charge in [-0.25, -0.2) is 9.69 Å². The summed E-state index contributed by atoms with van der Waals surface area (Å²) in [6.45, 7) is 2.01. The maximum atomic E-state index is 13.0. The zero-order valence-corrected chi connectivity index (χ0v) is 18.3. The number of imide groups is 2. The molecule has 1 aliphatic rings. The van der Waals surface area contributed by atoms with E-state index in [0.717, 1.165) is 20.5 Å². The number of ether oxygens (including phenoxy) is 2. The molecule has 0 atom stereocenters. The van der Waals surface area contributed by atoms with Crippen LogP contribution >= 0.6 is 22.6 Å². The Morgan fingerprint density at radius 2 is 1.76 bits per heavy atom. The number of rotatable bonds is 5. The highest BCUT2D eigenvalue weighted by Crippen LogP contribution is 2.35. The average Bonchev–Trinajstić information content (AvgIpc) is 2.71. The Balaban J connectivity index is 2.07. The molecule has 0 saturated carbocycles. The molecule has 0 aliphatic carbocycles. The molecule has 1 aliphatic heterocycles. The van der Waals surface area contributed by atoms with Crippen molar-refractivity contribution in [1.82, 2.24) is 5.32 Å². The molecule has 2 aromatic carbocycles. The summed E-state index contributed by atoms with van der Waals surface area (Å²) >= 11 is 2.10. The molecule has 1 fully saturated rings. The summed E-state index contributed by atoms with van der Waals surface area (Å²) in [5.74, 6) is -0.612. The van der Waals surface area contributed by atoms with Crippen LogP contribution in [0.2, 0.25) is 0 Å². The van der Waals surface area contributed by atoms with Crippen molar-refractivity contribution in [3.63, 3.8) is 0 Å². The van der Waals surface area contributed by atoms with Gasteiger partial charge in [-0.15, -0.1) is 0 Å². The first-order chi connectivity index (χ1) is 13.9. The molecule has 1 saturated heterocycles. The zero-order valence-electron chi connectivity index (χ0n) is 16.1. The third kappa shape index (κ3) is 4.12. The van der Waals surface area contributed by atoms with Gasteiger partial charge in [0.15, 0.2) is 11.5 Å². The summed E-state index contributed by atoms with van der Waals surface area (Å²) in [7, 11) is 2.98. The van der Waals surface area contributed by atoms with Crippen molar-refractivity contribution in [3.8, 4) is 11.5 Å². The number of barbiturate groups is 1. The highest BCUT2D eigenvalue weighted by molar-refractivity contribution is 14.1. The molecule has 0 bridgehead atoms. The summed E-state index contributed by atoms with van der Waals surface area (Å²) in [5.41, 5.74) is 1.77. The van der Waals surface area contributed by atoms with Gasteiger partial charge in [-0.1, -0.05) is 19.1 Å². The fourth-order valence-corrected chi connectivity index (χ4v) is 3.61. The molecule has 7 nitrogen and oxygen atoms in total. The number of amides is 4. The van der Waals surface area contributed by atoms with E-state index >= 15 is 0 Å². The van der Waals surface area contributed by atoms with Gasteiger partial charge in [-0.3, -0.25) is 14.9 Å². The van der Waals surface area contributed by atoms with Crippen molar-refractivity contribution < 1.29 is 23.9 Å². The quantitative estimate of drug-likeness (QED) is 0.381. The zero-order chi connectivity index (χ0) is 21.1. The lowest BCUT2D eigenvalue weighted by atomic mass is 10.1. The van der Waals surface area contributed by atoms with Gasteiger partial charge in [0, 0.05) is 9.13 Å². The topological polar surface area (TPSA) is 84.9 Å². The number of benzene rings is 2. The van der Waals surface area contributed by atoms with E-state index in [1.165, 1.54) is 20.3 Å². The number of hydrogen-bond acceptors (Lipinski definition) is 5. The molecule has 8 heteroatoms. The lowest BCUT2D eigenvalue weighted by Crippen LogP contribution is -2.54. The van der Waals surface area contributed by atoms with E-state index in [1.807, 2.05) is 19.1 Å². The summed E-state index contributed by atoms with van der Waals surface area (Å²) < 4.78 is 11.5. The average molecular weight is 506 g/mol. The molecule has 3 rings (SSSR count). The van der Waals surface area contributed by atoms with Crippen LogP contribution in [0.25, 0.3) is 6.08 Å². The predicted octanol–water partition coefficient (Wildman–Crippen LogP) is 3.54. The maximum absolute atomic E-state index is 13.0. The van der Waals surface area contributed by atoms with Crippen molar-refractivity contribution in [2.45, 2.75) is 13.3 Å². The van der Waals surface area contributed by atoms with Gasteiger partial charge in [0.25, 0.3) is 11.8 Å². The van der Waals surface area contributed by atoms with Gasteiger partial charge in [0.05, 0.1) is 19.9 Å². The van der Waals surface area contributed by atoms with Crippen LogP contribution in [-0.2, 0) is 16.0 Å². The lowest BCUT2D eigenvalue weighted by Gasteiger charge is -2.26. The fraction of sp³-hybridized carbons (Fsp3) is 0.190. The van der Waals surface area contributed by atoms with Crippen molar-refractivity contribution in [2.75, 3.05) is 19.1 Å². The number of nitrogens with zero attached hydrogens (tertiary/aromatic N) is 1. The number of carbonyl (C=O) groups is 3.